The van der Waals surface area contributed by atoms with Gasteiger partial charge in [-0.3, -0.25) is 0 Å². The zero-order valence-electron chi connectivity index (χ0n) is 14.1. The van der Waals surface area contributed by atoms with Crippen molar-refractivity contribution >= 4 is 35.0 Å². The van der Waals surface area contributed by atoms with Gasteiger partial charge >= 0.3 is 0 Å². The molecule has 136 valence electrons. The molecule has 1 aromatic heterocycles. The lowest BCUT2D eigenvalue weighted by Gasteiger charge is -2.20. The van der Waals surface area contributed by atoms with Gasteiger partial charge in [0.15, 0.2) is 6.79 Å². The van der Waals surface area contributed by atoms with E-state index >= 15 is 0 Å². The highest BCUT2D eigenvalue weighted by Gasteiger charge is 2.17. The number of benzene rings is 2. The molecule has 0 aliphatic carbocycles. The van der Waals surface area contributed by atoms with Crippen LogP contribution in [0.25, 0.3) is 0 Å². The van der Waals surface area contributed by atoms with Gasteiger partial charge in [0, 0.05) is 32.9 Å². The first-order valence-corrected chi connectivity index (χ1v) is 9.93. The minimum absolute atomic E-state index is 0.108. The van der Waals surface area contributed by atoms with Crippen molar-refractivity contribution in [3.05, 3.63) is 76.8 Å². The number of aromatic nitrogens is 2. The third-order valence-corrected chi connectivity index (χ3v) is 5.11. The summed E-state index contributed by atoms with van der Waals surface area (Å²) in [5.74, 6) is 0.756. The van der Waals surface area contributed by atoms with Crippen molar-refractivity contribution in [3.8, 4) is 5.75 Å². The average molecular weight is 409 g/mol. The molecule has 2 aromatic carbocycles. The molecule has 0 saturated carbocycles. The largest absolute Gasteiger partial charge is 0.468 e. The normalized spacial score (nSPS) is 12.1. The van der Waals surface area contributed by atoms with Crippen molar-refractivity contribution in [1.29, 1.82) is 0 Å². The van der Waals surface area contributed by atoms with Crippen molar-refractivity contribution in [2.24, 2.45) is 0 Å². The maximum atomic E-state index is 6.36. The van der Waals surface area contributed by atoms with E-state index in [9.17, 15) is 0 Å². The van der Waals surface area contributed by atoms with Crippen molar-refractivity contribution in [3.63, 3.8) is 0 Å². The summed E-state index contributed by atoms with van der Waals surface area (Å²) in [5, 5.41) is 1.15. The van der Waals surface area contributed by atoms with E-state index in [0.29, 0.717) is 16.6 Å². The summed E-state index contributed by atoms with van der Waals surface area (Å²) >= 11 is 14.1. The number of rotatable bonds is 8. The molecule has 0 saturated heterocycles. The average Bonchev–Trinajstić information content (AvgIpc) is 3.15. The van der Waals surface area contributed by atoms with Crippen LogP contribution in [0.15, 0.2) is 66.1 Å². The van der Waals surface area contributed by atoms with Crippen LogP contribution in [-0.2, 0) is 11.3 Å². The molecule has 0 aliphatic rings. The fraction of sp³-hybridized carbons (Fsp3) is 0.211. The Bertz CT molecular complexity index is 826. The standard InChI is InChI=1S/C19H18Cl2N2O2S/c1-26-16-5-3-15(4-6-16)24-13-25-19(11-23-9-8-22-12-23)17-7-2-14(20)10-18(17)21/h2-10,12,19H,11,13H2,1H3. The summed E-state index contributed by atoms with van der Waals surface area (Å²) in [6, 6.07) is 13.3. The van der Waals surface area contributed by atoms with Crippen LogP contribution in [0.3, 0.4) is 0 Å². The third kappa shape index (κ3) is 5.17. The number of thioether (sulfide) groups is 1. The summed E-state index contributed by atoms with van der Waals surface area (Å²) < 4.78 is 13.6. The quantitative estimate of drug-likeness (QED) is 0.353. The molecule has 0 aliphatic heterocycles. The number of ether oxygens (including phenoxy) is 2. The molecule has 0 bridgehead atoms. The Labute approximate surface area is 167 Å². The summed E-state index contributed by atoms with van der Waals surface area (Å²) in [4.78, 5) is 5.25. The van der Waals surface area contributed by atoms with E-state index in [4.69, 9.17) is 32.7 Å². The maximum absolute atomic E-state index is 6.36. The van der Waals surface area contributed by atoms with Crippen LogP contribution in [0, 0.1) is 0 Å². The fourth-order valence-electron chi connectivity index (χ4n) is 2.45. The molecule has 7 heteroatoms. The number of halogens is 2. The summed E-state index contributed by atoms with van der Waals surface area (Å²) in [7, 11) is 0. The lowest BCUT2D eigenvalue weighted by Crippen LogP contribution is -2.15. The zero-order valence-corrected chi connectivity index (χ0v) is 16.5. The molecular weight excluding hydrogens is 391 g/mol. The van der Waals surface area contributed by atoms with E-state index in [2.05, 4.69) is 4.98 Å². The van der Waals surface area contributed by atoms with Crippen molar-refractivity contribution in [2.75, 3.05) is 13.0 Å². The van der Waals surface area contributed by atoms with Crippen LogP contribution in [0.4, 0.5) is 0 Å². The molecule has 0 amide bonds. The first-order valence-electron chi connectivity index (χ1n) is 7.95. The highest BCUT2D eigenvalue weighted by molar-refractivity contribution is 7.98. The summed E-state index contributed by atoms with van der Waals surface area (Å²) in [6.07, 6.45) is 7.09. The smallest absolute Gasteiger partial charge is 0.189 e. The second-order valence-electron chi connectivity index (χ2n) is 5.52. The second-order valence-corrected chi connectivity index (χ2v) is 7.24. The van der Waals surface area contributed by atoms with Gasteiger partial charge in [0.1, 0.15) is 11.9 Å². The molecular formula is C19H18Cl2N2O2S. The molecule has 0 spiro atoms. The molecule has 1 heterocycles. The van der Waals surface area contributed by atoms with Crippen LogP contribution < -0.4 is 4.74 Å². The van der Waals surface area contributed by atoms with E-state index in [-0.39, 0.29) is 12.9 Å². The van der Waals surface area contributed by atoms with Gasteiger partial charge in [-0.05, 0) is 42.7 Å². The van der Waals surface area contributed by atoms with Gasteiger partial charge in [0.2, 0.25) is 0 Å². The Hall–Kier alpha value is -1.66. The highest BCUT2D eigenvalue weighted by Crippen LogP contribution is 2.30. The number of hydrogen-bond donors (Lipinski definition) is 0. The van der Waals surface area contributed by atoms with E-state index in [1.165, 1.54) is 4.90 Å². The van der Waals surface area contributed by atoms with Crippen LogP contribution in [0.1, 0.15) is 11.7 Å². The van der Waals surface area contributed by atoms with E-state index in [1.54, 1.807) is 36.4 Å². The van der Waals surface area contributed by atoms with Crippen molar-refractivity contribution in [2.45, 2.75) is 17.5 Å². The predicted octanol–water partition coefficient (Wildman–Crippen LogP) is 5.71. The van der Waals surface area contributed by atoms with Gasteiger partial charge in [0.25, 0.3) is 0 Å². The van der Waals surface area contributed by atoms with E-state index < -0.39 is 0 Å². The van der Waals surface area contributed by atoms with Gasteiger partial charge in [-0.2, -0.15) is 0 Å². The Morgan fingerprint density at radius 2 is 1.96 bits per heavy atom. The fourth-order valence-corrected chi connectivity index (χ4v) is 3.38. The molecule has 4 nitrogen and oxygen atoms in total. The lowest BCUT2D eigenvalue weighted by atomic mass is 10.1. The Balaban J connectivity index is 1.68. The topological polar surface area (TPSA) is 36.3 Å². The SMILES string of the molecule is CSc1ccc(OCOC(Cn2ccnc2)c2ccc(Cl)cc2Cl)cc1. The number of nitrogens with zero attached hydrogens (tertiary/aromatic N) is 2. The number of imidazole rings is 1. The van der Waals surface area contributed by atoms with Gasteiger partial charge < -0.3 is 14.0 Å². The lowest BCUT2D eigenvalue weighted by molar-refractivity contribution is -0.0445. The van der Waals surface area contributed by atoms with Crippen molar-refractivity contribution in [1.82, 2.24) is 9.55 Å². The van der Waals surface area contributed by atoms with E-state index in [1.807, 2.05) is 47.4 Å². The van der Waals surface area contributed by atoms with Gasteiger partial charge in [-0.15, -0.1) is 11.8 Å². The van der Waals surface area contributed by atoms with Crippen LogP contribution in [0.5, 0.6) is 5.75 Å². The Kier molecular flexibility index (Phi) is 6.86. The molecule has 26 heavy (non-hydrogen) atoms. The zero-order chi connectivity index (χ0) is 18.4. The maximum Gasteiger partial charge on any atom is 0.189 e. The molecule has 3 rings (SSSR count). The molecule has 0 fully saturated rings. The summed E-state index contributed by atoms with van der Waals surface area (Å²) in [5.41, 5.74) is 0.853. The molecule has 0 radical (unpaired) electrons. The molecule has 3 aromatic rings. The van der Waals surface area contributed by atoms with Crippen LogP contribution in [0.2, 0.25) is 10.0 Å². The van der Waals surface area contributed by atoms with Gasteiger partial charge in [-0.25, -0.2) is 4.98 Å². The third-order valence-electron chi connectivity index (χ3n) is 3.80. The molecule has 1 unspecified atom stereocenters. The van der Waals surface area contributed by atoms with Crippen LogP contribution >= 0.6 is 35.0 Å². The Morgan fingerprint density at radius 3 is 2.62 bits per heavy atom. The minimum Gasteiger partial charge on any atom is -0.468 e. The number of hydrogen-bond acceptors (Lipinski definition) is 4. The molecule has 1 atom stereocenters. The van der Waals surface area contributed by atoms with Crippen molar-refractivity contribution < 1.29 is 9.47 Å². The predicted molar refractivity (Wildman–Crippen MR) is 106 cm³/mol. The minimum atomic E-state index is -0.292. The molecule has 0 N–H and O–H groups in total. The van der Waals surface area contributed by atoms with Crippen LogP contribution in [-0.4, -0.2) is 22.6 Å². The highest BCUT2D eigenvalue weighted by atomic mass is 35.5. The van der Waals surface area contributed by atoms with E-state index in [0.717, 1.165) is 11.3 Å². The second kappa shape index (κ2) is 9.33. The van der Waals surface area contributed by atoms with Gasteiger partial charge in [0.05, 0.1) is 12.9 Å². The monoisotopic (exact) mass is 408 g/mol. The first kappa shape index (κ1) is 19.1. The first-order chi connectivity index (χ1) is 12.7. The summed E-state index contributed by atoms with van der Waals surface area (Å²) in [6.45, 7) is 0.674. The Morgan fingerprint density at radius 1 is 1.15 bits per heavy atom. The van der Waals surface area contributed by atoms with Gasteiger partial charge in [-0.1, -0.05) is 29.3 Å².